The minimum atomic E-state index is -0.0171. The van der Waals surface area contributed by atoms with Crippen LogP contribution in [0.15, 0.2) is 4.52 Å². The van der Waals surface area contributed by atoms with Gasteiger partial charge in [0.25, 0.3) is 0 Å². The summed E-state index contributed by atoms with van der Waals surface area (Å²) >= 11 is 0. The van der Waals surface area contributed by atoms with Gasteiger partial charge in [-0.2, -0.15) is 4.98 Å². The first-order valence-corrected chi connectivity index (χ1v) is 5.31. The van der Waals surface area contributed by atoms with E-state index in [1.165, 1.54) is 12.8 Å². The number of rotatable bonds is 4. The molecule has 78 valence electrons. The van der Waals surface area contributed by atoms with Crippen LogP contribution in [-0.2, 0) is 0 Å². The summed E-state index contributed by atoms with van der Waals surface area (Å²) in [6.07, 6.45) is 3.42. The topological polar surface area (TPSA) is 64.9 Å². The van der Waals surface area contributed by atoms with Gasteiger partial charge in [0.15, 0.2) is 5.82 Å². The Bertz CT molecular complexity index is 306. The van der Waals surface area contributed by atoms with Gasteiger partial charge in [-0.25, -0.2) is 0 Å². The largest absolute Gasteiger partial charge is 0.339 e. The molecule has 4 nitrogen and oxygen atoms in total. The molecule has 1 aromatic rings. The van der Waals surface area contributed by atoms with Gasteiger partial charge in [0.05, 0.1) is 6.04 Å². The van der Waals surface area contributed by atoms with E-state index < -0.39 is 0 Å². The van der Waals surface area contributed by atoms with Gasteiger partial charge < -0.3 is 10.3 Å². The van der Waals surface area contributed by atoms with Crippen molar-refractivity contribution in [2.45, 2.75) is 45.1 Å². The molecular formula is C10H17N3O. The predicted molar refractivity (Wildman–Crippen MR) is 52.7 cm³/mol. The Labute approximate surface area is 83.9 Å². The van der Waals surface area contributed by atoms with Crippen LogP contribution in [0.4, 0.5) is 0 Å². The average Bonchev–Trinajstić information content (AvgIpc) is 2.93. The number of hydrogen-bond donors (Lipinski definition) is 1. The maximum atomic E-state index is 5.97. The Morgan fingerprint density at radius 2 is 2.29 bits per heavy atom. The Kier molecular flexibility index (Phi) is 2.54. The normalized spacial score (nSPS) is 20.8. The third kappa shape index (κ3) is 1.80. The molecule has 2 unspecified atom stereocenters. The van der Waals surface area contributed by atoms with Crippen LogP contribution in [-0.4, -0.2) is 10.1 Å². The van der Waals surface area contributed by atoms with Gasteiger partial charge in [-0.3, -0.25) is 0 Å². The molecule has 1 heterocycles. The van der Waals surface area contributed by atoms with Gasteiger partial charge in [-0.15, -0.1) is 0 Å². The lowest BCUT2D eigenvalue weighted by molar-refractivity contribution is 0.349. The van der Waals surface area contributed by atoms with Gasteiger partial charge in [-0.1, -0.05) is 19.0 Å². The minimum absolute atomic E-state index is 0.0171. The van der Waals surface area contributed by atoms with Crippen molar-refractivity contribution in [3.8, 4) is 0 Å². The third-order valence-electron chi connectivity index (χ3n) is 2.92. The van der Waals surface area contributed by atoms with E-state index in [9.17, 15) is 0 Å². The number of nitrogens with two attached hydrogens (primary N) is 1. The highest BCUT2D eigenvalue weighted by atomic mass is 16.5. The second kappa shape index (κ2) is 3.69. The fraction of sp³-hybridized carbons (Fsp3) is 0.800. The molecule has 0 spiro atoms. The summed E-state index contributed by atoms with van der Waals surface area (Å²) in [5.74, 6) is 2.32. The molecule has 1 aliphatic rings. The van der Waals surface area contributed by atoms with Gasteiger partial charge in [0, 0.05) is 5.92 Å². The van der Waals surface area contributed by atoms with Crippen LogP contribution in [0.3, 0.4) is 0 Å². The Morgan fingerprint density at radius 1 is 1.57 bits per heavy atom. The van der Waals surface area contributed by atoms with E-state index in [4.69, 9.17) is 10.3 Å². The molecule has 1 fully saturated rings. The van der Waals surface area contributed by atoms with E-state index >= 15 is 0 Å². The van der Waals surface area contributed by atoms with E-state index in [-0.39, 0.29) is 6.04 Å². The summed E-state index contributed by atoms with van der Waals surface area (Å²) in [6.45, 7) is 4.19. The van der Waals surface area contributed by atoms with Gasteiger partial charge in [-0.05, 0) is 25.2 Å². The zero-order valence-electron chi connectivity index (χ0n) is 8.73. The zero-order valence-corrected chi connectivity index (χ0v) is 8.73. The van der Waals surface area contributed by atoms with Gasteiger partial charge >= 0.3 is 0 Å². The average molecular weight is 195 g/mol. The lowest BCUT2D eigenvalue weighted by Crippen LogP contribution is -2.14. The maximum Gasteiger partial charge on any atom is 0.229 e. The van der Waals surface area contributed by atoms with Gasteiger partial charge in [0.2, 0.25) is 5.89 Å². The van der Waals surface area contributed by atoms with Crippen molar-refractivity contribution in [1.82, 2.24) is 10.1 Å². The van der Waals surface area contributed by atoms with Crippen LogP contribution in [0, 0.1) is 5.92 Å². The maximum absolute atomic E-state index is 5.97. The minimum Gasteiger partial charge on any atom is -0.339 e. The van der Waals surface area contributed by atoms with Crippen molar-refractivity contribution in [1.29, 1.82) is 0 Å². The zero-order chi connectivity index (χ0) is 10.1. The van der Waals surface area contributed by atoms with Crippen LogP contribution in [0.1, 0.15) is 56.8 Å². The standard InChI is InChI=1S/C10H17N3O/c1-3-6(2)10-12-9(13-14-10)8(11)7-4-5-7/h6-8H,3-5,11H2,1-2H3. The predicted octanol–water partition coefficient (Wildman–Crippen LogP) is 1.99. The molecule has 0 amide bonds. The smallest absolute Gasteiger partial charge is 0.229 e. The molecule has 1 aliphatic carbocycles. The molecule has 0 radical (unpaired) electrons. The Balaban J connectivity index is 2.08. The molecule has 2 rings (SSSR count). The van der Waals surface area contributed by atoms with E-state index in [1.54, 1.807) is 0 Å². The molecule has 0 bridgehead atoms. The van der Waals surface area contributed by atoms with Crippen LogP contribution in [0.5, 0.6) is 0 Å². The lowest BCUT2D eigenvalue weighted by Gasteiger charge is -2.02. The van der Waals surface area contributed by atoms with Crippen LogP contribution >= 0.6 is 0 Å². The molecule has 0 saturated heterocycles. The third-order valence-corrected chi connectivity index (χ3v) is 2.92. The lowest BCUT2D eigenvalue weighted by atomic mass is 10.1. The van der Waals surface area contributed by atoms with Crippen molar-refractivity contribution in [2.24, 2.45) is 11.7 Å². The summed E-state index contributed by atoms with van der Waals surface area (Å²) < 4.78 is 5.18. The van der Waals surface area contributed by atoms with E-state index in [0.717, 1.165) is 12.3 Å². The van der Waals surface area contributed by atoms with E-state index in [0.29, 0.717) is 17.7 Å². The highest BCUT2D eigenvalue weighted by molar-refractivity contribution is 5.01. The van der Waals surface area contributed by atoms with Crippen molar-refractivity contribution >= 4 is 0 Å². The molecule has 0 aliphatic heterocycles. The molecule has 14 heavy (non-hydrogen) atoms. The van der Waals surface area contributed by atoms with Crippen molar-refractivity contribution in [3.63, 3.8) is 0 Å². The first kappa shape index (κ1) is 9.65. The molecule has 0 aromatic carbocycles. The van der Waals surface area contributed by atoms with E-state index in [1.807, 2.05) is 0 Å². The summed E-state index contributed by atoms with van der Waals surface area (Å²) in [6, 6.07) is -0.0171. The van der Waals surface area contributed by atoms with Crippen LogP contribution in [0.25, 0.3) is 0 Å². The van der Waals surface area contributed by atoms with Crippen molar-refractivity contribution < 1.29 is 4.52 Å². The van der Waals surface area contributed by atoms with Crippen molar-refractivity contribution in [2.75, 3.05) is 0 Å². The highest BCUT2D eigenvalue weighted by Gasteiger charge is 2.32. The SMILES string of the molecule is CCC(C)c1nc(C(N)C2CC2)no1. The van der Waals surface area contributed by atoms with Crippen LogP contribution in [0.2, 0.25) is 0 Å². The monoisotopic (exact) mass is 195 g/mol. The summed E-state index contributed by atoms with van der Waals surface area (Å²) in [7, 11) is 0. The Hall–Kier alpha value is -0.900. The number of aromatic nitrogens is 2. The summed E-state index contributed by atoms with van der Waals surface area (Å²) in [4.78, 5) is 4.34. The first-order chi connectivity index (χ1) is 6.72. The second-order valence-corrected chi connectivity index (χ2v) is 4.16. The van der Waals surface area contributed by atoms with Crippen molar-refractivity contribution in [3.05, 3.63) is 11.7 Å². The number of nitrogens with zero attached hydrogens (tertiary/aromatic N) is 2. The molecule has 2 N–H and O–H groups in total. The fourth-order valence-electron chi connectivity index (χ4n) is 1.42. The quantitative estimate of drug-likeness (QED) is 0.798. The second-order valence-electron chi connectivity index (χ2n) is 4.16. The summed E-state index contributed by atoms with van der Waals surface area (Å²) in [5, 5.41) is 3.94. The molecule has 1 aromatic heterocycles. The van der Waals surface area contributed by atoms with E-state index in [2.05, 4.69) is 24.0 Å². The van der Waals surface area contributed by atoms with Crippen LogP contribution < -0.4 is 5.73 Å². The fourth-order valence-corrected chi connectivity index (χ4v) is 1.42. The number of hydrogen-bond acceptors (Lipinski definition) is 4. The Morgan fingerprint density at radius 3 is 2.86 bits per heavy atom. The van der Waals surface area contributed by atoms with Gasteiger partial charge in [0.1, 0.15) is 0 Å². The highest BCUT2D eigenvalue weighted by Crippen LogP contribution is 2.38. The molecule has 1 saturated carbocycles. The molecule has 2 atom stereocenters. The molecule has 4 heteroatoms. The molecular weight excluding hydrogens is 178 g/mol. The first-order valence-electron chi connectivity index (χ1n) is 5.31. The summed E-state index contributed by atoms with van der Waals surface area (Å²) in [5.41, 5.74) is 5.97.